The number of hydrogen-bond acceptors (Lipinski definition) is 3. The van der Waals surface area contributed by atoms with Crippen LogP contribution in [0.15, 0.2) is 148 Å². The van der Waals surface area contributed by atoms with Gasteiger partial charge in [0.15, 0.2) is 0 Å². The molecule has 0 unspecified atom stereocenters. The van der Waals surface area contributed by atoms with Crippen molar-refractivity contribution < 1.29 is 8.83 Å². The Morgan fingerprint density at radius 1 is 0.409 bits per heavy atom. The van der Waals surface area contributed by atoms with Crippen LogP contribution in [0, 0.1) is 11.3 Å². The zero-order valence-corrected chi connectivity index (χ0v) is 23.5. The fourth-order valence-corrected chi connectivity index (χ4v) is 6.66. The maximum Gasteiger partial charge on any atom is 0.147 e. The Morgan fingerprint density at radius 2 is 0.955 bits per heavy atom. The van der Waals surface area contributed by atoms with E-state index >= 15 is 0 Å². The van der Waals surface area contributed by atoms with Crippen molar-refractivity contribution in [1.82, 2.24) is 0 Å². The molecule has 0 N–H and O–H groups in total. The van der Waals surface area contributed by atoms with Gasteiger partial charge in [0.1, 0.15) is 22.3 Å². The molecule has 9 aromatic rings. The predicted octanol–water partition coefficient (Wildman–Crippen LogP) is 11.5. The van der Waals surface area contributed by atoms with Gasteiger partial charge >= 0.3 is 0 Å². The highest BCUT2D eigenvalue weighted by molar-refractivity contribution is 6.24. The third-order valence-electron chi connectivity index (χ3n) is 8.72. The van der Waals surface area contributed by atoms with Crippen molar-refractivity contribution in [3.05, 3.63) is 145 Å². The molecule has 204 valence electrons. The van der Waals surface area contributed by atoms with Crippen LogP contribution in [0.1, 0.15) is 5.56 Å². The molecule has 2 aromatic heterocycles. The Hall–Kier alpha value is -6.11. The van der Waals surface area contributed by atoms with E-state index in [0.717, 1.165) is 88.0 Å². The van der Waals surface area contributed by atoms with Crippen LogP contribution in [-0.2, 0) is 0 Å². The van der Waals surface area contributed by atoms with E-state index < -0.39 is 0 Å². The van der Waals surface area contributed by atoms with Crippen LogP contribution in [0.5, 0.6) is 0 Å². The van der Waals surface area contributed by atoms with Gasteiger partial charge in [-0.15, -0.1) is 0 Å². The zero-order chi connectivity index (χ0) is 29.2. The third-order valence-corrected chi connectivity index (χ3v) is 8.72. The molecule has 0 aliphatic heterocycles. The molecular formula is C41H23NO2. The summed E-state index contributed by atoms with van der Waals surface area (Å²) in [5.41, 5.74) is 10.5. The summed E-state index contributed by atoms with van der Waals surface area (Å²) in [6, 6.07) is 50.2. The lowest BCUT2D eigenvalue weighted by Gasteiger charge is -2.13. The van der Waals surface area contributed by atoms with E-state index in [1.54, 1.807) is 0 Å². The first kappa shape index (κ1) is 24.5. The molecule has 3 heteroatoms. The van der Waals surface area contributed by atoms with E-state index in [2.05, 4.69) is 97.1 Å². The van der Waals surface area contributed by atoms with Gasteiger partial charge in [0.2, 0.25) is 0 Å². The van der Waals surface area contributed by atoms with E-state index in [1.807, 2.05) is 48.5 Å². The summed E-state index contributed by atoms with van der Waals surface area (Å²) in [7, 11) is 0. The minimum absolute atomic E-state index is 0.659. The van der Waals surface area contributed by atoms with Gasteiger partial charge in [-0.25, -0.2) is 0 Å². The number of hydrogen-bond donors (Lipinski definition) is 0. The predicted molar refractivity (Wildman–Crippen MR) is 180 cm³/mol. The molecule has 2 heterocycles. The SMILES string of the molecule is N#Cc1cccc(-c2ccc(-c3ccc(-c4c5oc6ccccc6c5cc5c4oc4ccccc45)c4ccccc34)cc2)c1. The smallest absolute Gasteiger partial charge is 0.147 e. The van der Waals surface area contributed by atoms with E-state index in [0.29, 0.717) is 5.56 Å². The summed E-state index contributed by atoms with van der Waals surface area (Å²) >= 11 is 0. The number of para-hydroxylation sites is 2. The normalized spacial score (nSPS) is 11.6. The number of rotatable bonds is 3. The van der Waals surface area contributed by atoms with Crippen molar-refractivity contribution in [2.75, 3.05) is 0 Å². The van der Waals surface area contributed by atoms with Gasteiger partial charge in [-0.05, 0) is 68.9 Å². The van der Waals surface area contributed by atoms with Crippen LogP contribution >= 0.6 is 0 Å². The highest BCUT2D eigenvalue weighted by Gasteiger charge is 2.22. The highest BCUT2D eigenvalue weighted by atomic mass is 16.3. The maximum absolute atomic E-state index is 9.34. The standard InChI is InChI=1S/C41H23NO2/c42-24-25-8-7-9-28(22-25)26-16-18-27(19-17-26)29-20-21-34(31-11-2-1-10-30(29)31)39-40-35(32-12-3-5-14-37(32)43-40)23-36-33-13-4-6-15-38(33)44-41(36)39/h1-23H. The fraction of sp³-hybridized carbons (Fsp3) is 0. The van der Waals surface area contributed by atoms with Crippen molar-refractivity contribution in [3.8, 4) is 39.4 Å². The van der Waals surface area contributed by atoms with Crippen molar-refractivity contribution in [2.24, 2.45) is 0 Å². The van der Waals surface area contributed by atoms with Crippen molar-refractivity contribution in [2.45, 2.75) is 0 Å². The Morgan fingerprint density at radius 3 is 1.59 bits per heavy atom. The van der Waals surface area contributed by atoms with E-state index in [4.69, 9.17) is 8.83 Å². The number of nitriles is 1. The van der Waals surface area contributed by atoms with Gasteiger partial charge in [0.25, 0.3) is 0 Å². The fourth-order valence-electron chi connectivity index (χ4n) is 6.66. The van der Waals surface area contributed by atoms with E-state index in [-0.39, 0.29) is 0 Å². The van der Waals surface area contributed by atoms with Gasteiger partial charge in [0.05, 0.1) is 17.2 Å². The first-order chi connectivity index (χ1) is 21.8. The lowest BCUT2D eigenvalue weighted by molar-refractivity contribution is 0.658. The number of furan rings is 2. The first-order valence-corrected chi connectivity index (χ1v) is 14.7. The van der Waals surface area contributed by atoms with Crippen LogP contribution in [0.4, 0.5) is 0 Å². The molecule has 44 heavy (non-hydrogen) atoms. The lowest BCUT2D eigenvalue weighted by Crippen LogP contribution is -1.88. The summed E-state index contributed by atoms with van der Waals surface area (Å²) in [6.45, 7) is 0. The number of nitrogens with zero attached hydrogens (tertiary/aromatic N) is 1. The topological polar surface area (TPSA) is 50.1 Å². The van der Waals surface area contributed by atoms with Crippen molar-refractivity contribution in [3.63, 3.8) is 0 Å². The van der Waals surface area contributed by atoms with Gasteiger partial charge in [-0.2, -0.15) is 5.26 Å². The Bertz CT molecular complexity index is 2520. The first-order valence-electron chi connectivity index (χ1n) is 14.7. The molecule has 0 aliphatic carbocycles. The van der Waals surface area contributed by atoms with Crippen LogP contribution in [-0.4, -0.2) is 0 Å². The van der Waals surface area contributed by atoms with Gasteiger partial charge in [0, 0.05) is 21.5 Å². The summed E-state index contributed by atoms with van der Waals surface area (Å²) in [5, 5.41) is 16.0. The molecule has 0 saturated heterocycles. The largest absolute Gasteiger partial charge is 0.455 e. The van der Waals surface area contributed by atoms with E-state index in [1.165, 1.54) is 0 Å². The number of fused-ring (bicyclic) bond motifs is 7. The molecular weight excluding hydrogens is 538 g/mol. The van der Waals surface area contributed by atoms with Crippen LogP contribution in [0.2, 0.25) is 0 Å². The highest BCUT2D eigenvalue weighted by Crippen LogP contribution is 2.47. The summed E-state index contributed by atoms with van der Waals surface area (Å²) in [6.07, 6.45) is 0. The van der Waals surface area contributed by atoms with Crippen molar-refractivity contribution >= 4 is 54.6 Å². The second kappa shape index (κ2) is 9.46. The molecule has 0 fully saturated rings. The zero-order valence-electron chi connectivity index (χ0n) is 23.5. The minimum atomic E-state index is 0.659. The average molecular weight is 562 g/mol. The lowest BCUT2D eigenvalue weighted by atomic mass is 9.90. The second-order valence-corrected chi connectivity index (χ2v) is 11.2. The minimum Gasteiger partial charge on any atom is -0.455 e. The molecule has 0 aliphatic rings. The van der Waals surface area contributed by atoms with Crippen molar-refractivity contribution in [1.29, 1.82) is 5.26 Å². The Kier molecular flexibility index (Phi) is 5.26. The van der Waals surface area contributed by atoms with E-state index in [9.17, 15) is 5.26 Å². The quantitative estimate of drug-likeness (QED) is 0.216. The van der Waals surface area contributed by atoms with Gasteiger partial charge < -0.3 is 8.83 Å². The molecule has 0 saturated carbocycles. The third kappa shape index (κ3) is 3.62. The summed E-state index contributed by atoms with van der Waals surface area (Å²) in [4.78, 5) is 0. The number of benzene rings is 7. The Labute approximate surface area is 252 Å². The molecule has 0 radical (unpaired) electrons. The van der Waals surface area contributed by atoms with Crippen LogP contribution in [0.3, 0.4) is 0 Å². The summed E-state index contributed by atoms with van der Waals surface area (Å²) in [5.74, 6) is 0. The van der Waals surface area contributed by atoms with Crippen LogP contribution in [0.25, 0.3) is 88.0 Å². The monoisotopic (exact) mass is 561 g/mol. The van der Waals surface area contributed by atoms with Gasteiger partial charge in [-0.1, -0.05) is 109 Å². The molecule has 9 rings (SSSR count). The molecule has 0 atom stereocenters. The van der Waals surface area contributed by atoms with Crippen LogP contribution < -0.4 is 0 Å². The summed E-state index contributed by atoms with van der Waals surface area (Å²) < 4.78 is 13.2. The molecule has 3 nitrogen and oxygen atoms in total. The second-order valence-electron chi connectivity index (χ2n) is 11.2. The average Bonchev–Trinajstić information content (AvgIpc) is 3.65. The van der Waals surface area contributed by atoms with Gasteiger partial charge in [-0.3, -0.25) is 0 Å². The molecule has 0 amide bonds. The molecule has 7 aromatic carbocycles. The molecule has 0 spiro atoms. The Balaban J connectivity index is 1.29. The molecule has 0 bridgehead atoms. The maximum atomic E-state index is 9.34.